The maximum absolute atomic E-state index is 2.57. The maximum Gasteiger partial charge on any atom is 0.0641 e. The number of benzene rings is 11. The minimum Gasteiger partial charge on any atom is -0.309 e. The lowest BCUT2D eigenvalue weighted by atomic mass is 9.92. The van der Waals surface area contributed by atoms with Crippen molar-refractivity contribution in [3.05, 3.63) is 253 Å². The molecule has 11 aromatic carbocycles. The molecule has 4 aromatic heterocycles. The van der Waals surface area contributed by atoms with Crippen LogP contribution < -0.4 is 9.80 Å². The molecule has 0 amide bonds. The second-order valence-electron chi connectivity index (χ2n) is 22.2. The molecule has 0 fully saturated rings. The maximum atomic E-state index is 2.57. The van der Waals surface area contributed by atoms with Crippen molar-refractivity contribution in [1.82, 2.24) is 8.80 Å². The molecule has 0 bridgehead atoms. The van der Waals surface area contributed by atoms with E-state index in [2.05, 4.69) is 291 Å². The normalized spacial score (nSPS) is 12.2. The summed E-state index contributed by atoms with van der Waals surface area (Å²) in [5, 5.41) is 9.99. The zero-order chi connectivity index (χ0) is 52.5. The molecule has 0 unspecified atom stereocenters. The van der Waals surface area contributed by atoms with Gasteiger partial charge in [-0.25, -0.2) is 0 Å². The highest BCUT2D eigenvalue weighted by atomic mass is 15.2. The molecule has 78 heavy (non-hydrogen) atoms. The molecule has 0 aliphatic carbocycles. The molecule has 0 saturated heterocycles. The number of nitrogens with zero attached hydrogens (tertiary/aromatic N) is 4. The van der Waals surface area contributed by atoms with Crippen LogP contribution >= 0.6 is 0 Å². The predicted octanol–water partition coefficient (Wildman–Crippen LogP) is 21.1. The highest BCUT2D eigenvalue weighted by Crippen LogP contribution is 2.54. The van der Waals surface area contributed by atoms with Crippen molar-refractivity contribution in [2.24, 2.45) is 0 Å². The molecule has 0 spiro atoms. The van der Waals surface area contributed by atoms with Crippen molar-refractivity contribution in [3.63, 3.8) is 0 Å². The van der Waals surface area contributed by atoms with Gasteiger partial charge in [-0.1, -0.05) is 209 Å². The number of hydrogen-bond acceptors (Lipinski definition) is 2. The van der Waals surface area contributed by atoms with Crippen LogP contribution in [0.2, 0.25) is 0 Å². The van der Waals surface area contributed by atoms with Crippen molar-refractivity contribution in [1.29, 1.82) is 0 Å². The Morgan fingerprint density at radius 1 is 0.321 bits per heavy atom. The average molecular weight is 1000 g/mol. The van der Waals surface area contributed by atoms with Crippen LogP contribution in [0, 0.1) is 13.8 Å². The zero-order valence-corrected chi connectivity index (χ0v) is 44.9. The third kappa shape index (κ3) is 6.72. The zero-order valence-electron chi connectivity index (χ0n) is 44.9. The number of fused-ring (bicyclic) bond motifs is 12. The van der Waals surface area contributed by atoms with Crippen LogP contribution in [0.3, 0.4) is 0 Å². The topological polar surface area (TPSA) is 15.3 Å². The van der Waals surface area contributed by atoms with Crippen molar-refractivity contribution in [2.75, 3.05) is 9.80 Å². The Morgan fingerprint density at radius 3 is 1.10 bits per heavy atom. The van der Waals surface area contributed by atoms with Crippen molar-refractivity contribution in [3.8, 4) is 22.3 Å². The fraction of sp³-hybridized carbons (Fsp3) is 0.108. The number of aromatic nitrogens is 2. The van der Waals surface area contributed by atoms with E-state index >= 15 is 0 Å². The second-order valence-corrected chi connectivity index (χ2v) is 22.2. The minimum absolute atomic E-state index is 0.276. The summed E-state index contributed by atoms with van der Waals surface area (Å²) in [4.78, 5) is 5.13. The van der Waals surface area contributed by atoms with Gasteiger partial charge < -0.3 is 18.6 Å². The highest BCUT2D eigenvalue weighted by molar-refractivity contribution is 6.32. The number of aryl methyl sites for hydroxylation is 2. The van der Waals surface area contributed by atoms with E-state index in [-0.39, 0.29) is 11.8 Å². The van der Waals surface area contributed by atoms with Gasteiger partial charge in [0.1, 0.15) is 0 Å². The van der Waals surface area contributed by atoms with E-state index in [9.17, 15) is 0 Å². The summed E-state index contributed by atoms with van der Waals surface area (Å²) < 4.78 is 5.15. The first-order valence-electron chi connectivity index (χ1n) is 27.7. The first-order valence-corrected chi connectivity index (χ1v) is 27.7. The van der Waals surface area contributed by atoms with E-state index in [1.165, 1.54) is 143 Å². The van der Waals surface area contributed by atoms with Gasteiger partial charge in [-0.15, -0.1) is 0 Å². The van der Waals surface area contributed by atoms with E-state index in [1.54, 1.807) is 0 Å². The van der Waals surface area contributed by atoms with Crippen LogP contribution in [0.15, 0.2) is 231 Å². The van der Waals surface area contributed by atoms with Crippen molar-refractivity contribution >= 4 is 110 Å². The second kappa shape index (κ2) is 17.6. The third-order valence-electron chi connectivity index (χ3n) is 16.8. The monoisotopic (exact) mass is 1000 g/mol. The molecule has 0 aliphatic rings. The molecule has 0 saturated carbocycles. The van der Waals surface area contributed by atoms with Gasteiger partial charge in [0.25, 0.3) is 0 Å². The lowest BCUT2D eigenvalue weighted by Crippen LogP contribution is -2.14. The van der Waals surface area contributed by atoms with Crippen LogP contribution in [0.4, 0.5) is 34.1 Å². The predicted molar refractivity (Wildman–Crippen MR) is 334 cm³/mol. The van der Waals surface area contributed by atoms with Gasteiger partial charge in [-0.3, -0.25) is 0 Å². The van der Waals surface area contributed by atoms with E-state index in [1.807, 2.05) is 0 Å². The lowest BCUT2D eigenvalue weighted by Gasteiger charge is -2.32. The SMILES string of the molecule is Cc1ccc(N(c2c(-c3ccccc3)cccc2C(C)C)c2ccc3c4cc5c(cc4n4c6ccccc6c2c34)c2ccc(N(c3ccc(C)cc3)c3c(-c4ccccc4)cccc3C(C)C)c3c4ccccc4n5c23)cc1. The van der Waals surface area contributed by atoms with E-state index in [0.717, 1.165) is 11.4 Å². The molecule has 15 aromatic rings. The van der Waals surface area contributed by atoms with Crippen LogP contribution in [-0.2, 0) is 0 Å². The molecular weight excluding hydrogens is 945 g/mol. The summed E-state index contributed by atoms with van der Waals surface area (Å²) in [7, 11) is 0. The van der Waals surface area contributed by atoms with E-state index in [4.69, 9.17) is 0 Å². The number of anilines is 6. The fourth-order valence-corrected chi connectivity index (χ4v) is 13.3. The Hall–Kier alpha value is -9.38. The molecule has 0 N–H and O–H groups in total. The summed E-state index contributed by atoms with van der Waals surface area (Å²) in [6.45, 7) is 13.6. The van der Waals surface area contributed by atoms with Gasteiger partial charge >= 0.3 is 0 Å². The highest BCUT2D eigenvalue weighted by Gasteiger charge is 2.31. The summed E-state index contributed by atoms with van der Waals surface area (Å²) >= 11 is 0. The first-order chi connectivity index (χ1) is 38.2. The molecule has 0 aliphatic heterocycles. The third-order valence-corrected chi connectivity index (χ3v) is 16.8. The molecule has 0 atom stereocenters. The summed E-state index contributed by atoms with van der Waals surface area (Å²) in [5.41, 5.74) is 24.3. The van der Waals surface area contributed by atoms with Gasteiger partial charge in [-0.05, 0) is 109 Å². The molecule has 0 radical (unpaired) electrons. The van der Waals surface area contributed by atoms with Crippen molar-refractivity contribution < 1.29 is 0 Å². The van der Waals surface area contributed by atoms with Crippen LogP contribution in [-0.4, -0.2) is 8.80 Å². The first kappa shape index (κ1) is 46.0. The Kier molecular flexibility index (Phi) is 10.4. The Bertz CT molecular complexity index is 4480. The molecule has 4 heteroatoms. The Balaban J connectivity index is 1.03. The van der Waals surface area contributed by atoms with Crippen LogP contribution in [0.25, 0.3) is 98.4 Å². The largest absolute Gasteiger partial charge is 0.309 e. The summed E-state index contributed by atoms with van der Waals surface area (Å²) in [6.07, 6.45) is 0. The van der Waals surface area contributed by atoms with Crippen LogP contribution in [0.5, 0.6) is 0 Å². The molecule has 374 valence electrons. The molecule has 4 heterocycles. The standard InChI is InChI=1S/C74H58N4/c1-45(2)53-25-17-27-55(49-19-9-7-10-20-49)71(53)75(51-35-31-47(5)32-36-51)65-41-39-57-61-43-68-62(44-67(61)77-63-29-15-13-23-59(63)69(65)73(57)77)58-40-42-66(70-60-24-14-16-30-64(60)78(68)74(58)70)76(52-37-33-48(6)34-38-52)72-54(46(3)4)26-18-28-56(72)50-21-11-8-12-22-50/h7-46H,1-6H3. The molecule has 4 nitrogen and oxygen atoms in total. The Labute approximate surface area is 454 Å². The summed E-state index contributed by atoms with van der Waals surface area (Å²) in [5.74, 6) is 0.553. The molecular formula is C74H58N4. The molecule has 15 rings (SSSR count). The lowest BCUT2D eigenvalue weighted by molar-refractivity contribution is 0.865. The van der Waals surface area contributed by atoms with Gasteiger partial charge in [0.15, 0.2) is 0 Å². The van der Waals surface area contributed by atoms with Gasteiger partial charge in [-0.2, -0.15) is 0 Å². The number of rotatable bonds is 10. The average Bonchev–Trinajstić information content (AvgIpc) is 2.82. The fourth-order valence-electron chi connectivity index (χ4n) is 13.3. The minimum atomic E-state index is 0.276. The quantitative estimate of drug-likeness (QED) is 0.136. The van der Waals surface area contributed by atoms with E-state index in [0.29, 0.717) is 0 Å². The number of hydrogen-bond donors (Lipinski definition) is 0. The van der Waals surface area contributed by atoms with Gasteiger partial charge in [0, 0.05) is 65.6 Å². The van der Waals surface area contributed by atoms with Gasteiger partial charge in [0.05, 0.1) is 55.8 Å². The number of para-hydroxylation sites is 4. The smallest absolute Gasteiger partial charge is 0.0641 e. The summed E-state index contributed by atoms with van der Waals surface area (Å²) in [6, 6.07) is 86.6. The Morgan fingerprint density at radius 2 is 0.705 bits per heavy atom. The van der Waals surface area contributed by atoms with E-state index < -0.39 is 0 Å². The van der Waals surface area contributed by atoms with Gasteiger partial charge in [0.2, 0.25) is 0 Å². The van der Waals surface area contributed by atoms with Crippen LogP contribution in [0.1, 0.15) is 61.8 Å². The van der Waals surface area contributed by atoms with Crippen molar-refractivity contribution in [2.45, 2.75) is 53.4 Å².